The van der Waals surface area contributed by atoms with Crippen molar-refractivity contribution in [3.05, 3.63) is 53.6 Å². The van der Waals surface area contributed by atoms with Gasteiger partial charge in [0.05, 0.1) is 25.6 Å². The van der Waals surface area contributed by atoms with Gasteiger partial charge in [-0.2, -0.15) is 0 Å². The molecule has 1 aliphatic rings. The van der Waals surface area contributed by atoms with Gasteiger partial charge in [-0.1, -0.05) is 30.7 Å². The van der Waals surface area contributed by atoms with Crippen LogP contribution in [0.1, 0.15) is 25.3 Å². The standard InChI is InChI=1S/C17H21ClN2O2/c1-2-16-11-21-17(22-16,12-20-10-9-19-13-20)8-7-14-3-5-15(18)6-4-14/h3-6,9-10,13,16H,2,7-8,11-12H2,1H3/t16?,17-/m0/s1. The van der Waals surface area contributed by atoms with Crippen LogP contribution in [0.4, 0.5) is 0 Å². The number of imidazole rings is 1. The molecule has 1 unspecified atom stereocenters. The average molecular weight is 321 g/mol. The first-order valence-corrected chi connectivity index (χ1v) is 8.09. The molecule has 0 radical (unpaired) electrons. The summed E-state index contributed by atoms with van der Waals surface area (Å²) < 4.78 is 14.3. The van der Waals surface area contributed by atoms with Crippen molar-refractivity contribution in [3.63, 3.8) is 0 Å². The van der Waals surface area contributed by atoms with Gasteiger partial charge in [0.25, 0.3) is 0 Å². The summed E-state index contributed by atoms with van der Waals surface area (Å²) in [6.07, 6.45) is 8.36. The Bertz CT molecular complexity index is 585. The number of benzene rings is 1. The van der Waals surface area contributed by atoms with Crippen molar-refractivity contribution >= 4 is 11.6 Å². The van der Waals surface area contributed by atoms with Crippen LogP contribution in [0, 0.1) is 0 Å². The summed E-state index contributed by atoms with van der Waals surface area (Å²) in [4.78, 5) is 4.10. The minimum Gasteiger partial charge on any atom is -0.345 e. The van der Waals surface area contributed by atoms with E-state index in [1.807, 2.05) is 22.9 Å². The molecule has 5 heteroatoms. The van der Waals surface area contributed by atoms with E-state index >= 15 is 0 Å². The molecule has 3 rings (SSSR count). The van der Waals surface area contributed by atoms with Gasteiger partial charge in [0, 0.05) is 23.8 Å². The molecule has 118 valence electrons. The monoisotopic (exact) mass is 320 g/mol. The van der Waals surface area contributed by atoms with Crippen molar-refractivity contribution in [2.75, 3.05) is 6.61 Å². The zero-order valence-corrected chi connectivity index (χ0v) is 13.5. The second-order valence-electron chi connectivity index (χ2n) is 5.73. The molecule has 2 aromatic rings. The Morgan fingerprint density at radius 2 is 2.18 bits per heavy atom. The molecule has 22 heavy (non-hydrogen) atoms. The zero-order valence-electron chi connectivity index (χ0n) is 12.7. The van der Waals surface area contributed by atoms with Crippen LogP contribution in [-0.2, 0) is 22.4 Å². The molecule has 0 spiro atoms. The molecule has 1 aromatic heterocycles. The molecule has 2 atom stereocenters. The van der Waals surface area contributed by atoms with Gasteiger partial charge in [0.2, 0.25) is 0 Å². The molecule has 1 aromatic carbocycles. The fourth-order valence-corrected chi connectivity index (χ4v) is 2.88. The number of hydrogen-bond donors (Lipinski definition) is 0. The van der Waals surface area contributed by atoms with Crippen LogP contribution < -0.4 is 0 Å². The van der Waals surface area contributed by atoms with Crippen LogP contribution in [0.25, 0.3) is 0 Å². The third kappa shape index (κ3) is 3.69. The summed E-state index contributed by atoms with van der Waals surface area (Å²) in [5, 5.41) is 0.760. The first-order valence-electron chi connectivity index (χ1n) is 7.71. The average Bonchev–Trinajstić information content (AvgIpc) is 3.17. The Morgan fingerprint density at radius 1 is 1.36 bits per heavy atom. The fourth-order valence-electron chi connectivity index (χ4n) is 2.76. The lowest BCUT2D eigenvalue weighted by Gasteiger charge is -2.28. The van der Waals surface area contributed by atoms with E-state index in [0.29, 0.717) is 13.2 Å². The summed E-state index contributed by atoms with van der Waals surface area (Å²) in [5.74, 6) is -0.568. The van der Waals surface area contributed by atoms with Gasteiger partial charge < -0.3 is 14.0 Å². The smallest absolute Gasteiger partial charge is 0.187 e. The van der Waals surface area contributed by atoms with Crippen molar-refractivity contribution in [2.45, 2.75) is 44.6 Å². The van der Waals surface area contributed by atoms with Gasteiger partial charge in [-0.25, -0.2) is 4.98 Å². The van der Waals surface area contributed by atoms with Crippen molar-refractivity contribution in [1.82, 2.24) is 9.55 Å². The van der Waals surface area contributed by atoms with Crippen LogP contribution >= 0.6 is 11.6 Å². The molecule has 0 bridgehead atoms. The van der Waals surface area contributed by atoms with Crippen molar-refractivity contribution in [3.8, 4) is 0 Å². The largest absolute Gasteiger partial charge is 0.345 e. The minimum atomic E-state index is -0.568. The second-order valence-corrected chi connectivity index (χ2v) is 6.17. The number of halogens is 1. The summed E-state index contributed by atoms with van der Waals surface area (Å²) in [6.45, 7) is 3.45. The van der Waals surface area contributed by atoms with E-state index in [1.54, 1.807) is 12.5 Å². The fraction of sp³-hybridized carbons (Fsp3) is 0.471. The molecule has 0 aliphatic carbocycles. The molecule has 0 amide bonds. The molecular weight excluding hydrogens is 300 g/mol. The van der Waals surface area contributed by atoms with Crippen LogP contribution in [-0.4, -0.2) is 28.0 Å². The molecule has 0 saturated carbocycles. The van der Waals surface area contributed by atoms with Gasteiger partial charge in [0.1, 0.15) is 0 Å². The quantitative estimate of drug-likeness (QED) is 0.814. The van der Waals surface area contributed by atoms with Crippen LogP contribution in [0.2, 0.25) is 5.02 Å². The topological polar surface area (TPSA) is 36.3 Å². The molecule has 2 heterocycles. The SMILES string of the molecule is CCC1CO[C@](CCc2ccc(Cl)cc2)(Cn2ccnc2)O1. The highest BCUT2D eigenvalue weighted by molar-refractivity contribution is 6.30. The van der Waals surface area contributed by atoms with E-state index in [4.69, 9.17) is 21.1 Å². The van der Waals surface area contributed by atoms with Gasteiger partial charge in [0.15, 0.2) is 5.79 Å². The third-order valence-electron chi connectivity index (χ3n) is 4.06. The maximum absolute atomic E-state index is 6.22. The maximum atomic E-state index is 6.22. The summed E-state index contributed by atoms with van der Waals surface area (Å²) in [6, 6.07) is 7.95. The van der Waals surface area contributed by atoms with Crippen molar-refractivity contribution in [1.29, 1.82) is 0 Å². The molecule has 1 aliphatic heterocycles. The van der Waals surface area contributed by atoms with E-state index in [-0.39, 0.29) is 6.10 Å². The van der Waals surface area contributed by atoms with Crippen LogP contribution in [0.5, 0.6) is 0 Å². The van der Waals surface area contributed by atoms with Crippen molar-refractivity contribution < 1.29 is 9.47 Å². The first kappa shape index (κ1) is 15.5. The maximum Gasteiger partial charge on any atom is 0.187 e. The number of aromatic nitrogens is 2. The molecule has 0 N–H and O–H groups in total. The van der Waals surface area contributed by atoms with E-state index in [2.05, 4.69) is 24.0 Å². The lowest BCUT2D eigenvalue weighted by Crippen LogP contribution is -2.36. The Morgan fingerprint density at radius 3 is 2.82 bits per heavy atom. The van der Waals surface area contributed by atoms with E-state index in [1.165, 1.54) is 5.56 Å². The van der Waals surface area contributed by atoms with E-state index in [0.717, 1.165) is 24.3 Å². The second kappa shape index (κ2) is 6.82. The molecule has 1 fully saturated rings. The van der Waals surface area contributed by atoms with Gasteiger partial charge in [-0.3, -0.25) is 0 Å². The number of hydrogen-bond acceptors (Lipinski definition) is 3. The molecule has 1 saturated heterocycles. The van der Waals surface area contributed by atoms with Crippen LogP contribution in [0.3, 0.4) is 0 Å². The summed E-state index contributed by atoms with van der Waals surface area (Å²) in [7, 11) is 0. The Balaban J connectivity index is 1.70. The van der Waals surface area contributed by atoms with Crippen LogP contribution in [0.15, 0.2) is 43.0 Å². The lowest BCUT2D eigenvalue weighted by molar-refractivity contribution is -0.182. The predicted molar refractivity (Wildman–Crippen MR) is 85.8 cm³/mol. The van der Waals surface area contributed by atoms with Crippen molar-refractivity contribution in [2.24, 2.45) is 0 Å². The Hall–Kier alpha value is -1.36. The number of ether oxygens (including phenoxy) is 2. The highest BCUT2D eigenvalue weighted by Crippen LogP contribution is 2.32. The first-order chi connectivity index (χ1) is 10.7. The Kier molecular flexibility index (Phi) is 4.81. The molecular formula is C17H21ClN2O2. The minimum absolute atomic E-state index is 0.175. The van der Waals surface area contributed by atoms with Gasteiger partial charge in [-0.15, -0.1) is 0 Å². The van der Waals surface area contributed by atoms with E-state index in [9.17, 15) is 0 Å². The highest BCUT2D eigenvalue weighted by Gasteiger charge is 2.40. The lowest BCUT2D eigenvalue weighted by atomic mass is 10.0. The molecule has 4 nitrogen and oxygen atoms in total. The predicted octanol–water partition coefficient (Wildman–Crippen LogP) is 3.69. The summed E-state index contributed by atoms with van der Waals surface area (Å²) in [5.41, 5.74) is 1.24. The normalized spacial score (nSPS) is 24.7. The van der Waals surface area contributed by atoms with E-state index < -0.39 is 5.79 Å². The Labute approximate surface area is 136 Å². The number of aryl methyl sites for hydroxylation is 1. The summed E-state index contributed by atoms with van der Waals surface area (Å²) >= 11 is 5.94. The van der Waals surface area contributed by atoms with Gasteiger partial charge in [-0.05, 0) is 30.5 Å². The third-order valence-corrected chi connectivity index (χ3v) is 4.31. The zero-order chi connectivity index (χ0) is 15.4. The highest BCUT2D eigenvalue weighted by atomic mass is 35.5. The number of rotatable bonds is 6. The number of nitrogens with zero attached hydrogens (tertiary/aromatic N) is 2. The van der Waals surface area contributed by atoms with Gasteiger partial charge >= 0.3 is 0 Å².